The van der Waals surface area contributed by atoms with Gasteiger partial charge in [-0.05, 0) is 23.6 Å². The fourth-order valence-corrected chi connectivity index (χ4v) is 2.30. The maximum atomic E-state index is 3.52. The first-order chi connectivity index (χ1) is 5.86. The molecule has 1 nitrogen and oxygen atoms in total. The molecule has 2 aliphatic rings. The van der Waals surface area contributed by atoms with E-state index in [1.54, 1.807) is 0 Å². The van der Waals surface area contributed by atoms with Gasteiger partial charge in [0.2, 0.25) is 0 Å². The van der Waals surface area contributed by atoms with Crippen LogP contribution in [0.2, 0.25) is 0 Å². The first-order valence-electron chi connectivity index (χ1n) is 4.40. The predicted octanol–water partition coefficient (Wildman–Crippen LogP) is 2.67. The van der Waals surface area contributed by atoms with E-state index in [-0.39, 0.29) is 12.4 Å². The third-order valence-corrected chi connectivity index (χ3v) is 2.86. The highest BCUT2D eigenvalue weighted by Crippen LogP contribution is 2.41. The summed E-state index contributed by atoms with van der Waals surface area (Å²) in [6, 6.07) is 7.54. The predicted molar refractivity (Wildman–Crippen MR) is 56.2 cm³/mol. The lowest BCUT2D eigenvalue weighted by Crippen LogP contribution is -2.07. The van der Waals surface area contributed by atoms with E-state index in [0.29, 0.717) is 12.1 Å². The molecule has 3 rings (SSSR count). The molecule has 0 fully saturated rings. The normalized spacial score (nSPS) is 27.2. The number of rotatable bonds is 0. The second-order valence-corrected chi connectivity index (χ2v) is 3.58. The Hall–Kier alpha value is -0.790. The zero-order valence-electron chi connectivity index (χ0n) is 7.45. The summed E-state index contributed by atoms with van der Waals surface area (Å²) in [5.74, 6) is 0. The number of nitrogens with one attached hydrogen (secondary N) is 1. The summed E-state index contributed by atoms with van der Waals surface area (Å²) in [7, 11) is 0. The van der Waals surface area contributed by atoms with Crippen LogP contribution in [0.4, 0.5) is 0 Å². The standard InChI is InChI=1S/C11H11N.ClH/c1-7-3-2-4-8-9-5-6-10(12-9)11(7)8;/h2-6,9-10,12H,1H3;1H. The Morgan fingerprint density at radius 3 is 2.69 bits per heavy atom. The minimum absolute atomic E-state index is 0. The molecular weight excluding hydrogens is 182 g/mol. The Morgan fingerprint density at radius 2 is 1.92 bits per heavy atom. The van der Waals surface area contributed by atoms with Crippen LogP contribution in [0, 0.1) is 6.92 Å². The van der Waals surface area contributed by atoms with E-state index in [4.69, 9.17) is 0 Å². The summed E-state index contributed by atoms with van der Waals surface area (Å²) in [6.07, 6.45) is 4.52. The molecule has 2 bridgehead atoms. The van der Waals surface area contributed by atoms with E-state index < -0.39 is 0 Å². The average molecular weight is 194 g/mol. The molecule has 2 unspecified atom stereocenters. The summed E-state index contributed by atoms with van der Waals surface area (Å²) in [4.78, 5) is 0. The molecule has 1 N–H and O–H groups in total. The minimum atomic E-state index is 0. The molecular formula is C11H12ClN. The molecule has 68 valence electrons. The molecule has 0 aromatic heterocycles. The van der Waals surface area contributed by atoms with Gasteiger partial charge in [0.1, 0.15) is 0 Å². The molecule has 0 spiro atoms. The molecule has 2 aliphatic heterocycles. The van der Waals surface area contributed by atoms with Gasteiger partial charge < -0.3 is 0 Å². The topological polar surface area (TPSA) is 12.0 Å². The van der Waals surface area contributed by atoms with Crippen LogP contribution in [-0.2, 0) is 0 Å². The van der Waals surface area contributed by atoms with E-state index in [9.17, 15) is 0 Å². The van der Waals surface area contributed by atoms with Crippen molar-refractivity contribution in [3.63, 3.8) is 0 Å². The number of aryl methyl sites for hydroxylation is 1. The van der Waals surface area contributed by atoms with Gasteiger partial charge in [-0.2, -0.15) is 0 Å². The Balaban J connectivity index is 0.000000653. The Kier molecular flexibility index (Phi) is 1.94. The van der Waals surface area contributed by atoms with Crippen molar-refractivity contribution in [2.75, 3.05) is 0 Å². The third kappa shape index (κ3) is 1.04. The van der Waals surface area contributed by atoms with E-state index in [0.717, 1.165) is 0 Å². The van der Waals surface area contributed by atoms with Gasteiger partial charge >= 0.3 is 0 Å². The van der Waals surface area contributed by atoms with Gasteiger partial charge in [0.15, 0.2) is 0 Å². The van der Waals surface area contributed by atoms with Gasteiger partial charge in [-0.15, -0.1) is 12.4 Å². The summed E-state index contributed by atoms with van der Waals surface area (Å²) < 4.78 is 0. The summed E-state index contributed by atoms with van der Waals surface area (Å²) in [5, 5.41) is 3.52. The second-order valence-electron chi connectivity index (χ2n) is 3.58. The van der Waals surface area contributed by atoms with Gasteiger partial charge in [0, 0.05) is 0 Å². The second kappa shape index (κ2) is 2.86. The summed E-state index contributed by atoms with van der Waals surface area (Å²) in [5.41, 5.74) is 4.39. The SMILES string of the molecule is Cc1cccc2c1C1C=CC2N1.Cl. The molecule has 13 heavy (non-hydrogen) atoms. The molecule has 0 amide bonds. The molecule has 0 saturated carbocycles. The lowest BCUT2D eigenvalue weighted by Gasteiger charge is -2.10. The third-order valence-electron chi connectivity index (χ3n) is 2.86. The van der Waals surface area contributed by atoms with Crippen LogP contribution in [0.1, 0.15) is 28.8 Å². The minimum Gasteiger partial charge on any atom is -0.296 e. The van der Waals surface area contributed by atoms with Crippen molar-refractivity contribution >= 4 is 12.4 Å². The van der Waals surface area contributed by atoms with E-state index in [2.05, 4.69) is 42.6 Å². The summed E-state index contributed by atoms with van der Waals surface area (Å²) >= 11 is 0. The van der Waals surface area contributed by atoms with Crippen LogP contribution in [0.15, 0.2) is 30.4 Å². The highest BCUT2D eigenvalue weighted by molar-refractivity contribution is 5.85. The summed E-state index contributed by atoms with van der Waals surface area (Å²) in [6.45, 7) is 2.19. The van der Waals surface area contributed by atoms with Crippen LogP contribution in [-0.4, -0.2) is 0 Å². The van der Waals surface area contributed by atoms with Crippen LogP contribution < -0.4 is 5.32 Å². The molecule has 0 saturated heterocycles. The smallest absolute Gasteiger partial charge is 0.0520 e. The largest absolute Gasteiger partial charge is 0.296 e. The molecule has 1 aromatic rings. The zero-order valence-corrected chi connectivity index (χ0v) is 8.27. The van der Waals surface area contributed by atoms with E-state index in [1.165, 1.54) is 16.7 Å². The van der Waals surface area contributed by atoms with E-state index in [1.807, 2.05) is 0 Å². The first kappa shape index (κ1) is 8.79. The number of hydrogen-bond donors (Lipinski definition) is 1. The van der Waals surface area contributed by atoms with Gasteiger partial charge in [0.25, 0.3) is 0 Å². The van der Waals surface area contributed by atoms with Crippen LogP contribution in [0.5, 0.6) is 0 Å². The van der Waals surface area contributed by atoms with Gasteiger partial charge in [-0.3, -0.25) is 5.32 Å². The fourth-order valence-electron chi connectivity index (χ4n) is 2.30. The number of benzene rings is 1. The van der Waals surface area contributed by atoms with Gasteiger partial charge in [-0.25, -0.2) is 0 Å². The number of halogens is 1. The monoisotopic (exact) mass is 193 g/mol. The van der Waals surface area contributed by atoms with Crippen molar-refractivity contribution in [2.24, 2.45) is 0 Å². The lowest BCUT2D eigenvalue weighted by atomic mass is 9.93. The Morgan fingerprint density at radius 1 is 1.15 bits per heavy atom. The highest BCUT2D eigenvalue weighted by atomic mass is 35.5. The quantitative estimate of drug-likeness (QED) is 0.625. The van der Waals surface area contributed by atoms with Crippen molar-refractivity contribution in [3.05, 3.63) is 47.0 Å². The first-order valence-corrected chi connectivity index (χ1v) is 4.40. The molecule has 2 atom stereocenters. The number of fused-ring (bicyclic) bond motifs is 5. The Bertz CT molecular complexity index is 370. The Labute approximate surface area is 84.3 Å². The van der Waals surface area contributed by atoms with Gasteiger partial charge in [0.05, 0.1) is 12.1 Å². The molecule has 1 aromatic carbocycles. The van der Waals surface area contributed by atoms with Crippen molar-refractivity contribution in [1.82, 2.24) is 5.32 Å². The van der Waals surface area contributed by atoms with E-state index >= 15 is 0 Å². The van der Waals surface area contributed by atoms with Crippen molar-refractivity contribution < 1.29 is 0 Å². The number of hydrogen-bond acceptors (Lipinski definition) is 1. The molecule has 2 heterocycles. The fraction of sp³-hybridized carbons (Fsp3) is 0.273. The maximum absolute atomic E-state index is 3.52. The highest BCUT2D eigenvalue weighted by Gasteiger charge is 2.32. The molecule has 0 radical (unpaired) electrons. The molecule has 2 heteroatoms. The van der Waals surface area contributed by atoms with Gasteiger partial charge in [-0.1, -0.05) is 30.4 Å². The average Bonchev–Trinajstić information content (AvgIpc) is 2.64. The maximum Gasteiger partial charge on any atom is 0.0520 e. The van der Waals surface area contributed by atoms with Crippen LogP contribution in [0.25, 0.3) is 0 Å². The van der Waals surface area contributed by atoms with Crippen molar-refractivity contribution in [1.29, 1.82) is 0 Å². The van der Waals surface area contributed by atoms with Crippen molar-refractivity contribution in [2.45, 2.75) is 19.0 Å². The zero-order chi connectivity index (χ0) is 8.13. The molecule has 0 aliphatic carbocycles. The lowest BCUT2D eigenvalue weighted by molar-refractivity contribution is 0.672. The van der Waals surface area contributed by atoms with Crippen molar-refractivity contribution in [3.8, 4) is 0 Å². The van der Waals surface area contributed by atoms with Crippen LogP contribution in [0.3, 0.4) is 0 Å². The van der Waals surface area contributed by atoms with Crippen LogP contribution >= 0.6 is 12.4 Å².